The van der Waals surface area contributed by atoms with E-state index in [9.17, 15) is 0 Å². The van der Waals surface area contributed by atoms with E-state index >= 15 is 0 Å². The van der Waals surface area contributed by atoms with Crippen molar-refractivity contribution < 1.29 is 4.74 Å². The minimum Gasteiger partial charge on any atom is -0.497 e. The third-order valence-corrected chi connectivity index (χ3v) is 3.65. The van der Waals surface area contributed by atoms with Crippen molar-refractivity contribution in [3.63, 3.8) is 0 Å². The molecule has 0 unspecified atom stereocenters. The number of thiol groups is 1. The average molecular weight is 317 g/mol. The molecule has 0 aliphatic heterocycles. The topological polar surface area (TPSA) is 37.9 Å². The third-order valence-electron chi connectivity index (χ3n) is 3.19. The zero-order valence-electron chi connectivity index (χ0n) is 11.3. The van der Waals surface area contributed by atoms with Crippen LogP contribution in [0.3, 0.4) is 0 Å². The number of halogens is 1. The summed E-state index contributed by atoms with van der Waals surface area (Å²) in [5.41, 5.74) is 3.78. The molecule has 3 rings (SSSR count). The minimum absolute atomic E-state index is 0.575. The van der Waals surface area contributed by atoms with Crippen LogP contribution in [0.1, 0.15) is 0 Å². The summed E-state index contributed by atoms with van der Waals surface area (Å²) in [5.74, 6) is 0.817. The van der Waals surface area contributed by atoms with Gasteiger partial charge in [-0.05, 0) is 36.4 Å². The minimum atomic E-state index is 0.575. The highest BCUT2D eigenvalue weighted by Gasteiger charge is 2.13. The lowest BCUT2D eigenvalue weighted by atomic mass is 10.1. The molecule has 1 aromatic heterocycles. The van der Waals surface area contributed by atoms with E-state index in [4.69, 9.17) is 16.3 Å². The van der Waals surface area contributed by atoms with Crippen LogP contribution >= 0.6 is 24.2 Å². The first-order valence-corrected chi connectivity index (χ1v) is 7.19. The van der Waals surface area contributed by atoms with E-state index < -0.39 is 0 Å². The maximum Gasteiger partial charge on any atom is 0.163 e. The van der Waals surface area contributed by atoms with Gasteiger partial charge in [-0.15, -0.1) is 12.6 Å². The second-order valence-corrected chi connectivity index (χ2v) is 5.38. The van der Waals surface area contributed by atoms with Gasteiger partial charge in [0.15, 0.2) is 5.16 Å². The SMILES string of the molecule is COc1ccc(-c2[nH]c(S)nc2-c2ccc(Cl)cc2)cc1. The second-order valence-electron chi connectivity index (χ2n) is 4.52. The molecule has 0 spiro atoms. The second kappa shape index (κ2) is 5.84. The van der Waals surface area contributed by atoms with Crippen molar-refractivity contribution in [2.75, 3.05) is 7.11 Å². The van der Waals surface area contributed by atoms with Crippen molar-refractivity contribution in [3.05, 3.63) is 53.6 Å². The quantitative estimate of drug-likeness (QED) is 0.688. The van der Waals surface area contributed by atoms with Gasteiger partial charge in [0, 0.05) is 16.1 Å². The Morgan fingerprint density at radius 2 is 1.62 bits per heavy atom. The molecule has 0 aliphatic rings. The lowest BCUT2D eigenvalue weighted by Gasteiger charge is -2.05. The summed E-state index contributed by atoms with van der Waals surface area (Å²) in [6.07, 6.45) is 0. The average Bonchev–Trinajstić information content (AvgIpc) is 2.90. The monoisotopic (exact) mass is 316 g/mol. The van der Waals surface area contributed by atoms with Crippen LogP contribution in [0, 0.1) is 0 Å². The number of H-pyrrole nitrogens is 1. The molecule has 0 atom stereocenters. The van der Waals surface area contributed by atoms with Gasteiger partial charge in [-0.1, -0.05) is 23.7 Å². The van der Waals surface area contributed by atoms with E-state index in [0.717, 1.165) is 28.3 Å². The Kier molecular flexibility index (Phi) is 3.90. The summed E-state index contributed by atoms with van der Waals surface area (Å²) in [7, 11) is 1.65. The molecule has 0 aliphatic carbocycles. The standard InChI is InChI=1S/C16H13ClN2OS/c1-20-13-8-4-11(5-9-13)15-14(18-16(21)19-15)10-2-6-12(17)7-3-10/h2-9H,1H3,(H2,18,19,21). The predicted molar refractivity (Wildman–Crippen MR) is 88.3 cm³/mol. The van der Waals surface area contributed by atoms with Crippen LogP contribution in [0.25, 0.3) is 22.5 Å². The summed E-state index contributed by atoms with van der Waals surface area (Å²) >= 11 is 10.3. The van der Waals surface area contributed by atoms with Crippen LogP contribution in [0.5, 0.6) is 5.75 Å². The van der Waals surface area contributed by atoms with Gasteiger partial charge in [-0.3, -0.25) is 0 Å². The van der Waals surface area contributed by atoms with Crippen molar-refractivity contribution in [2.24, 2.45) is 0 Å². The van der Waals surface area contributed by atoms with Crippen molar-refractivity contribution in [2.45, 2.75) is 5.16 Å². The first kappa shape index (κ1) is 14.0. The van der Waals surface area contributed by atoms with Crippen molar-refractivity contribution >= 4 is 24.2 Å². The molecule has 3 nitrogen and oxygen atoms in total. The van der Waals surface area contributed by atoms with Crippen LogP contribution in [0.4, 0.5) is 0 Å². The van der Waals surface area contributed by atoms with Gasteiger partial charge in [0.1, 0.15) is 5.75 Å². The van der Waals surface area contributed by atoms with Crippen LogP contribution in [-0.2, 0) is 0 Å². The zero-order valence-corrected chi connectivity index (χ0v) is 12.9. The van der Waals surface area contributed by atoms with E-state index in [1.165, 1.54) is 0 Å². The molecule has 0 saturated carbocycles. The van der Waals surface area contributed by atoms with Crippen molar-refractivity contribution in [1.82, 2.24) is 9.97 Å². The summed E-state index contributed by atoms with van der Waals surface area (Å²) in [6.45, 7) is 0. The van der Waals surface area contributed by atoms with Crippen LogP contribution in [0.15, 0.2) is 53.7 Å². The van der Waals surface area contributed by atoms with Gasteiger partial charge in [0.25, 0.3) is 0 Å². The Hall–Kier alpha value is -1.91. The molecule has 0 bridgehead atoms. The van der Waals surface area contributed by atoms with Crippen LogP contribution < -0.4 is 4.74 Å². The highest BCUT2D eigenvalue weighted by Crippen LogP contribution is 2.32. The van der Waals surface area contributed by atoms with E-state index in [1.807, 2.05) is 48.5 Å². The molecule has 0 fully saturated rings. The number of methoxy groups -OCH3 is 1. The lowest BCUT2D eigenvalue weighted by molar-refractivity contribution is 0.415. The summed E-state index contributed by atoms with van der Waals surface area (Å²) in [6, 6.07) is 15.4. The Bertz CT molecular complexity index is 751. The predicted octanol–water partition coefficient (Wildman–Crippen LogP) is 4.69. The number of imidazole rings is 1. The van der Waals surface area contributed by atoms with Gasteiger partial charge in [0.05, 0.1) is 18.5 Å². The lowest BCUT2D eigenvalue weighted by Crippen LogP contribution is -1.85. The van der Waals surface area contributed by atoms with E-state index in [2.05, 4.69) is 22.6 Å². The van der Waals surface area contributed by atoms with E-state index in [0.29, 0.717) is 10.2 Å². The fourth-order valence-electron chi connectivity index (χ4n) is 2.14. The molecule has 2 aromatic carbocycles. The number of nitrogens with zero attached hydrogens (tertiary/aromatic N) is 1. The third kappa shape index (κ3) is 2.91. The fourth-order valence-corrected chi connectivity index (χ4v) is 2.48. The molecular formula is C16H13ClN2OS. The van der Waals surface area contributed by atoms with E-state index in [-0.39, 0.29) is 0 Å². The van der Waals surface area contributed by atoms with Gasteiger partial charge >= 0.3 is 0 Å². The number of nitrogens with one attached hydrogen (secondary N) is 1. The molecule has 1 N–H and O–H groups in total. The maximum atomic E-state index is 5.94. The summed E-state index contributed by atoms with van der Waals surface area (Å²) < 4.78 is 5.18. The highest BCUT2D eigenvalue weighted by atomic mass is 35.5. The Morgan fingerprint density at radius 3 is 2.24 bits per heavy atom. The van der Waals surface area contributed by atoms with Crippen LogP contribution in [-0.4, -0.2) is 17.1 Å². The Balaban J connectivity index is 2.08. The molecule has 0 radical (unpaired) electrons. The van der Waals surface area contributed by atoms with Gasteiger partial charge in [0.2, 0.25) is 0 Å². The maximum absolute atomic E-state index is 5.94. The van der Waals surface area contributed by atoms with Crippen molar-refractivity contribution in [1.29, 1.82) is 0 Å². The zero-order chi connectivity index (χ0) is 14.8. The smallest absolute Gasteiger partial charge is 0.163 e. The number of hydrogen-bond acceptors (Lipinski definition) is 3. The largest absolute Gasteiger partial charge is 0.497 e. The summed E-state index contributed by atoms with van der Waals surface area (Å²) in [5, 5.41) is 1.28. The molecular weight excluding hydrogens is 304 g/mol. The first-order chi connectivity index (χ1) is 10.2. The number of rotatable bonds is 3. The van der Waals surface area contributed by atoms with Gasteiger partial charge in [-0.25, -0.2) is 4.98 Å². The molecule has 3 aromatic rings. The normalized spacial score (nSPS) is 10.6. The number of ether oxygens (including phenoxy) is 1. The van der Waals surface area contributed by atoms with Gasteiger partial charge in [-0.2, -0.15) is 0 Å². The fraction of sp³-hybridized carbons (Fsp3) is 0.0625. The molecule has 0 amide bonds. The van der Waals surface area contributed by atoms with Gasteiger partial charge < -0.3 is 9.72 Å². The molecule has 1 heterocycles. The Labute approximate surface area is 133 Å². The molecule has 0 saturated heterocycles. The molecule has 106 valence electrons. The van der Waals surface area contributed by atoms with Crippen LogP contribution in [0.2, 0.25) is 5.02 Å². The highest BCUT2D eigenvalue weighted by molar-refractivity contribution is 7.80. The van der Waals surface area contributed by atoms with Crippen molar-refractivity contribution in [3.8, 4) is 28.3 Å². The number of hydrogen-bond donors (Lipinski definition) is 2. The number of aromatic nitrogens is 2. The Morgan fingerprint density at radius 1 is 1.00 bits per heavy atom. The number of benzene rings is 2. The molecule has 5 heteroatoms. The summed E-state index contributed by atoms with van der Waals surface area (Å²) in [4.78, 5) is 7.65. The molecule has 21 heavy (non-hydrogen) atoms. The number of aromatic amines is 1. The van der Waals surface area contributed by atoms with E-state index in [1.54, 1.807) is 7.11 Å². The first-order valence-electron chi connectivity index (χ1n) is 6.36.